The number of alkyl halides is 2. The number of ether oxygens (including phenoxy) is 2. The smallest absolute Gasteiger partial charge is 0.261 e. The zero-order valence-corrected chi connectivity index (χ0v) is 11.1. The summed E-state index contributed by atoms with van der Waals surface area (Å²) in [5.41, 5.74) is -0.910. The lowest BCUT2D eigenvalue weighted by Gasteiger charge is -2.35. The Kier molecular flexibility index (Phi) is 6.60. The van der Waals surface area contributed by atoms with Gasteiger partial charge in [-0.1, -0.05) is 0 Å². The van der Waals surface area contributed by atoms with Crippen LogP contribution in [-0.4, -0.2) is 68.0 Å². The summed E-state index contributed by atoms with van der Waals surface area (Å²) in [6.45, 7) is 0.503. The minimum absolute atomic E-state index is 0.0327. The number of hydrogen-bond acceptors (Lipinski definition) is 4. The second-order valence-electron chi connectivity index (χ2n) is 4.80. The summed E-state index contributed by atoms with van der Waals surface area (Å²) in [5.74, 6) is -0.228. The van der Waals surface area contributed by atoms with Crippen LogP contribution >= 0.6 is 0 Å². The molecule has 1 aliphatic rings. The maximum Gasteiger partial charge on any atom is 0.261 e. The zero-order chi connectivity index (χ0) is 14.3. The van der Waals surface area contributed by atoms with Crippen LogP contribution in [0.1, 0.15) is 19.3 Å². The number of rotatable bonds is 7. The number of likely N-dealkylation sites (N-methyl/N-ethyl adjacent to an activating group) is 1. The van der Waals surface area contributed by atoms with Crippen LogP contribution in [0.5, 0.6) is 0 Å². The fourth-order valence-electron chi connectivity index (χ4n) is 1.96. The molecule has 0 spiro atoms. The molecule has 1 aliphatic heterocycles. The van der Waals surface area contributed by atoms with Crippen molar-refractivity contribution >= 4 is 5.91 Å². The highest BCUT2D eigenvalue weighted by molar-refractivity contribution is 5.76. The van der Waals surface area contributed by atoms with Gasteiger partial charge in [0, 0.05) is 39.6 Å². The van der Waals surface area contributed by atoms with E-state index in [1.54, 1.807) is 7.05 Å². The molecule has 0 aromatic heterocycles. The molecule has 1 heterocycles. The van der Waals surface area contributed by atoms with Crippen LogP contribution in [0.15, 0.2) is 0 Å². The topological polar surface area (TPSA) is 59.0 Å². The van der Waals surface area contributed by atoms with Gasteiger partial charge >= 0.3 is 0 Å². The Labute approximate surface area is 111 Å². The number of aliphatic hydroxyl groups is 1. The molecule has 0 aliphatic carbocycles. The molecular weight excluding hydrogens is 260 g/mol. The largest absolute Gasteiger partial charge is 0.388 e. The first kappa shape index (κ1) is 16.3. The lowest BCUT2D eigenvalue weighted by Crippen LogP contribution is -2.47. The SMILES string of the molecule is CN(CC1(O)CCOCC1)C(=O)CCOCC(F)F. The van der Waals surface area contributed by atoms with Gasteiger partial charge in [-0.15, -0.1) is 0 Å². The van der Waals surface area contributed by atoms with Crippen LogP contribution < -0.4 is 0 Å². The summed E-state index contributed by atoms with van der Waals surface area (Å²) in [7, 11) is 1.59. The standard InChI is InChI=1S/C12H21F2NO4/c1-15(9-12(17)3-6-18-7-4-12)11(16)2-5-19-8-10(13)14/h10,17H,2-9H2,1H3. The molecule has 0 saturated carbocycles. The monoisotopic (exact) mass is 281 g/mol. The van der Waals surface area contributed by atoms with Gasteiger partial charge in [-0.05, 0) is 0 Å². The van der Waals surface area contributed by atoms with Gasteiger partial charge in [0.1, 0.15) is 6.61 Å². The molecule has 1 N–H and O–H groups in total. The van der Waals surface area contributed by atoms with Crippen molar-refractivity contribution < 1.29 is 28.2 Å². The maximum absolute atomic E-state index is 11.8. The average Bonchev–Trinajstić information content (AvgIpc) is 2.34. The fraction of sp³-hybridized carbons (Fsp3) is 0.917. The van der Waals surface area contributed by atoms with E-state index in [-0.39, 0.29) is 25.5 Å². The predicted octanol–water partition coefficient (Wildman–Crippen LogP) is 0.658. The molecule has 0 radical (unpaired) electrons. The van der Waals surface area contributed by atoms with Gasteiger partial charge in [0.25, 0.3) is 6.43 Å². The minimum atomic E-state index is -2.52. The van der Waals surface area contributed by atoms with Crippen LogP contribution in [0, 0.1) is 0 Å². The molecule has 5 nitrogen and oxygen atoms in total. The first-order valence-corrected chi connectivity index (χ1v) is 6.33. The summed E-state index contributed by atoms with van der Waals surface area (Å²) in [6, 6.07) is 0. The first-order valence-electron chi connectivity index (χ1n) is 6.33. The molecule has 1 amide bonds. The quantitative estimate of drug-likeness (QED) is 0.696. The third-order valence-corrected chi connectivity index (χ3v) is 3.08. The van der Waals surface area contributed by atoms with Crippen LogP contribution in [0.4, 0.5) is 8.78 Å². The lowest BCUT2D eigenvalue weighted by atomic mass is 9.94. The second-order valence-corrected chi connectivity index (χ2v) is 4.80. The number of hydrogen-bond donors (Lipinski definition) is 1. The molecular formula is C12H21F2NO4. The molecule has 0 aromatic carbocycles. The van der Waals surface area contributed by atoms with Crippen molar-refractivity contribution in [3.8, 4) is 0 Å². The molecule has 0 unspecified atom stereocenters. The molecule has 19 heavy (non-hydrogen) atoms. The average molecular weight is 281 g/mol. The summed E-state index contributed by atoms with van der Waals surface area (Å²) >= 11 is 0. The first-order chi connectivity index (χ1) is 8.93. The lowest BCUT2D eigenvalue weighted by molar-refractivity contribution is -0.138. The van der Waals surface area contributed by atoms with E-state index in [4.69, 9.17) is 4.74 Å². The minimum Gasteiger partial charge on any atom is -0.388 e. The highest BCUT2D eigenvalue weighted by atomic mass is 19.3. The fourth-order valence-corrected chi connectivity index (χ4v) is 1.96. The Hall–Kier alpha value is -0.790. The van der Waals surface area contributed by atoms with Crippen molar-refractivity contribution in [3.63, 3.8) is 0 Å². The second kappa shape index (κ2) is 7.72. The van der Waals surface area contributed by atoms with E-state index in [0.29, 0.717) is 26.1 Å². The van der Waals surface area contributed by atoms with Crippen LogP contribution in [0.25, 0.3) is 0 Å². The van der Waals surface area contributed by atoms with Gasteiger partial charge in [0.2, 0.25) is 5.91 Å². The number of nitrogens with zero attached hydrogens (tertiary/aromatic N) is 1. The van der Waals surface area contributed by atoms with E-state index in [2.05, 4.69) is 4.74 Å². The highest BCUT2D eigenvalue weighted by Crippen LogP contribution is 2.21. The van der Waals surface area contributed by atoms with Crippen molar-refractivity contribution in [3.05, 3.63) is 0 Å². The molecule has 1 saturated heterocycles. The number of carbonyl (C=O) groups is 1. The predicted molar refractivity (Wildman–Crippen MR) is 64.1 cm³/mol. The molecule has 0 atom stereocenters. The van der Waals surface area contributed by atoms with Crippen LogP contribution in [0.2, 0.25) is 0 Å². The summed E-state index contributed by atoms with van der Waals surface area (Å²) in [5, 5.41) is 10.2. The van der Waals surface area contributed by atoms with E-state index in [1.807, 2.05) is 0 Å². The maximum atomic E-state index is 11.8. The van der Waals surface area contributed by atoms with Crippen molar-refractivity contribution in [1.82, 2.24) is 4.90 Å². The van der Waals surface area contributed by atoms with E-state index in [0.717, 1.165) is 0 Å². The van der Waals surface area contributed by atoms with E-state index in [9.17, 15) is 18.7 Å². The van der Waals surface area contributed by atoms with E-state index in [1.165, 1.54) is 4.90 Å². The van der Waals surface area contributed by atoms with Gasteiger partial charge in [0.05, 0.1) is 18.6 Å². The number of amides is 1. The zero-order valence-electron chi connectivity index (χ0n) is 11.1. The third kappa shape index (κ3) is 6.26. The van der Waals surface area contributed by atoms with Gasteiger partial charge < -0.3 is 19.5 Å². The molecule has 0 aromatic rings. The normalized spacial score (nSPS) is 18.6. The van der Waals surface area contributed by atoms with E-state index >= 15 is 0 Å². The molecule has 1 fully saturated rings. The van der Waals surface area contributed by atoms with Crippen LogP contribution in [-0.2, 0) is 14.3 Å². The number of halogens is 2. The Bertz CT molecular complexity index is 283. The molecule has 112 valence electrons. The van der Waals surface area contributed by atoms with Gasteiger partial charge in [-0.2, -0.15) is 0 Å². The Morgan fingerprint density at radius 1 is 1.47 bits per heavy atom. The van der Waals surface area contributed by atoms with Gasteiger partial charge in [-0.25, -0.2) is 8.78 Å². The third-order valence-electron chi connectivity index (χ3n) is 3.08. The van der Waals surface area contributed by atoms with E-state index < -0.39 is 18.6 Å². The van der Waals surface area contributed by atoms with Crippen molar-refractivity contribution in [1.29, 1.82) is 0 Å². The Morgan fingerprint density at radius 3 is 2.68 bits per heavy atom. The van der Waals surface area contributed by atoms with Crippen LogP contribution in [0.3, 0.4) is 0 Å². The molecule has 1 rings (SSSR count). The Morgan fingerprint density at radius 2 is 2.11 bits per heavy atom. The summed E-state index contributed by atoms with van der Waals surface area (Å²) in [6.07, 6.45) is -1.50. The summed E-state index contributed by atoms with van der Waals surface area (Å²) in [4.78, 5) is 13.1. The highest BCUT2D eigenvalue weighted by Gasteiger charge is 2.32. The Balaban J connectivity index is 2.24. The van der Waals surface area contributed by atoms with Gasteiger partial charge in [0.15, 0.2) is 0 Å². The summed E-state index contributed by atoms with van der Waals surface area (Å²) < 4.78 is 33.4. The molecule has 7 heteroatoms. The number of carbonyl (C=O) groups excluding carboxylic acids is 1. The van der Waals surface area contributed by atoms with Crippen molar-refractivity contribution in [2.24, 2.45) is 0 Å². The van der Waals surface area contributed by atoms with Crippen molar-refractivity contribution in [2.75, 3.05) is 40.0 Å². The molecule has 0 bridgehead atoms. The van der Waals surface area contributed by atoms with Gasteiger partial charge in [-0.3, -0.25) is 4.79 Å². The van der Waals surface area contributed by atoms with Crippen molar-refractivity contribution in [2.45, 2.75) is 31.3 Å².